The first-order chi connectivity index (χ1) is 12.2. The number of morpholine rings is 1. The van der Waals surface area contributed by atoms with Crippen LogP contribution in [0.3, 0.4) is 0 Å². The van der Waals surface area contributed by atoms with E-state index in [2.05, 4.69) is 0 Å². The topological polar surface area (TPSA) is 65.1 Å². The largest absolute Gasteiger partial charge is 0.457 e. The maximum absolute atomic E-state index is 12.2. The normalized spacial score (nSPS) is 14.0. The number of benzene rings is 2. The van der Waals surface area contributed by atoms with Crippen molar-refractivity contribution in [2.24, 2.45) is 0 Å². The molecule has 2 aromatic rings. The van der Waals surface area contributed by atoms with Crippen molar-refractivity contribution in [1.82, 2.24) is 4.90 Å². The molecular formula is C19H19NO5. The summed E-state index contributed by atoms with van der Waals surface area (Å²) >= 11 is 0. The Kier molecular flexibility index (Phi) is 5.64. The van der Waals surface area contributed by atoms with Gasteiger partial charge in [-0.3, -0.25) is 4.79 Å². The maximum Gasteiger partial charge on any atom is 0.338 e. The van der Waals surface area contributed by atoms with Gasteiger partial charge in [-0.25, -0.2) is 4.79 Å². The van der Waals surface area contributed by atoms with Crippen LogP contribution in [0.5, 0.6) is 11.5 Å². The molecular weight excluding hydrogens is 322 g/mol. The zero-order chi connectivity index (χ0) is 17.5. The Morgan fingerprint density at radius 1 is 0.960 bits per heavy atom. The van der Waals surface area contributed by atoms with Crippen LogP contribution in [-0.4, -0.2) is 49.7 Å². The highest BCUT2D eigenvalue weighted by Gasteiger charge is 2.19. The van der Waals surface area contributed by atoms with E-state index in [0.717, 1.165) is 0 Å². The zero-order valence-corrected chi connectivity index (χ0v) is 13.7. The molecule has 0 unspecified atom stereocenters. The quantitative estimate of drug-likeness (QED) is 0.782. The molecule has 130 valence electrons. The van der Waals surface area contributed by atoms with Crippen LogP contribution >= 0.6 is 0 Å². The van der Waals surface area contributed by atoms with Gasteiger partial charge in [0.15, 0.2) is 6.61 Å². The number of carbonyl (C=O) groups is 2. The number of esters is 1. The van der Waals surface area contributed by atoms with Crippen LogP contribution in [0.1, 0.15) is 10.4 Å². The minimum Gasteiger partial charge on any atom is -0.457 e. The van der Waals surface area contributed by atoms with Gasteiger partial charge in [-0.2, -0.15) is 0 Å². The number of ether oxygens (including phenoxy) is 3. The Labute approximate surface area is 145 Å². The summed E-state index contributed by atoms with van der Waals surface area (Å²) in [6, 6.07) is 16.0. The molecule has 25 heavy (non-hydrogen) atoms. The number of hydrogen-bond acceptors (Lipinski definition) is 5. The van der Waals surface area contributed by atoms with E-state index in [1.165, 1.54) is 0 Å². The highest BCUT2D eigenvalue weighted by molar-refractivity contribution is 5.91. The van der Waals surface area contributed by atoms with E-state index >= 15 is 0 Å². The van der Waals surface area contributed by atoms with Crippen LogP contribution in [0.2, 0.25) is 0 Å². The van der Waals surface area contributed by atoms with Crippen LogP contribution in [0.4, 0.5) is 0 Å². The molecule has 0 aliphatic carbocycles. The Hall–Kier alpha value is -2.86. The van der Waals surface area contributed by atoms with Crippen LogP contribution in [0, 0.1) is 0 Å². The maximum atomic E-state index is 12.2. The van der Waals surface area contributed by atoms with Crippen molar-refractivity contribution in [3.05, 3.63) is 60.2 Å². The van der Waals surface area contributed by atoms with Gasteiger partial charge in [-0.15, -0.1) is 0 Å². The molecule has 6 heteroatoms. The van der Waals surface area contributed by atoms with Crippen LogP contribution in [-0.2, 0) is 14.3 Å². The molecule has 1 amide bonds. The molecule has 3 rings (SSSR count). The highest BCUT2D eigenvalue weighted by atomic mass is 16.5. The van der Waals surface area contributed by atoms with E-state index in [9.17, 15) is 9.59 Å². The van der Waals surface area contributed by atoms with Crippen LogP contribution in [0.25, 0.3) is 0 Å². The second kappa shape index (κ2) is 8.30. The first-order valence-electron chi connectivity index (χ1n) is 8.08. The fraction of sp³-hybridized carbons (Fsp3) is 0.263. The number of nitrogens with zero attached hydrogens (tertiary/aromatic N) is 1. The van der Waals surface area contributed by atoms with Gasteiger partial charge < -0.3 is 19.1 Å². The third kappa shape index (κ3) is 4.81. The predicted molar refractivity (Wildman–Crippen MR) is 90.6 cm³/mol. The third-order valence-corrected chi connectivity index (χ3v) is 3.74. The van der Waals surface area contributed by atoms with Crippen molar-refractivity contribution in [3.63, 3.8) is 0 Å². The lowest BCUT2D eigenvalue weighted by Gasteiger charge is -2.26. The monoisotopic (exact) mass is 341 g/mol. The van der Waals surface area contributed by atoms with Crippen molar-refractivity contribution >= 4 is 11.9 Å². The summed E-state index contributed by atoms with van der Waals surface area (Å²) in [4.78, 5) is 25.8. The Balaban J connectivity index is 1.56. The Bertz CT molecular complexity index is 726. The molecule has 0 aromatic heterocycles. The molecule has 1 fully saturated rings. The molecule has 0 saturated carbocycles. The van der Waals surface area contributed by atoms with Crippen molar-refractivity contribution in [2.45, 2.75) is 0 Å². The van der Waals surface area contributed by atoms with Gasteiger partial charge in [0.05, 0.1) is 18.8 Å². The van der Waals surface area contributed by atoms with Gasteiger partial charge in [0.1, 0.15) is 11.5 Å². The summed E-state index contributed by atoms with van der Waals surface area (Å²) in [5, 5.41) is 0. The van der Waals surface area contributed by atoms with E-state index in [0.29, 0.717) is 43.4 Å². The number of amides is 1. The number of hydrogen-bond donors (Lipinski definition) is 0. The standard InChI is InChI=1S/C19H19NO5/c21-18(20-9-11-23-12-10-20)14-24-19(22)15-5-4-8-17(13-15)25-16-6-2-1-3-7-16/h1-8,13H,9-12,14H2. The molecule has 0 bridgehead atoms. The minimum absolute atomic E-state index is 0.214. The molecule has 6 nitrogen and oxygen atoms in total. The number of carbonyl (C=O) groups excluding carboxylic acids is 2. The van der Waals surface area contributed by atoms with Crippen molar-refractivity contribution < 1.29 is 23.8 Å². The molecule has 0 N–H and O–H groups in total. The highest BCUT2D eigenvalue weighted by Crippen LogP contribution is 2.22. The van der Waals surface area contributed by atoms with Gasteiger partial charge in [-0.05, 0) is 30.3 Å². The van der Waals surface area contributed by atoms with Gasteiger partial charge >= 0.3 is 5.97 Å². The van der Waals surface area contributed by atoms with E-state index in [4.69, 9.17) is 14.2 Å². The van der Waals surface area contributed by atoms with Crippen molar-refractivity contribution in [1.29, 1.82) is 0 Å². The molecule has 0 atom stereocenters. The predicted octanol–water partition coefficient (Wildman–Crippen LogP) is 2.49. The second-order valence-electron chi connectivity index (χ2n) is 5.51. The molecule has 2 aromatic carbocycles. The van der Waals surface area contributed by atoms with Crippen molar-refractivity contribution in [2.75, 3.05) is 32.9 Å². The molecule has 0 radical (unpaired) electrons. The first-order valence-corrected chi connectivity index (χ1v) is 8.08. The lowest BCUT2D eigenvalue weighted by atomic mass is 10.2. The van der Waals surface area contributed by atoms with Gasteiger partial charge in [0.2, 0.25) is 0 Å². The summed E-state index contributed by atoms with van der Waals surface area (Å²) in [6.45, 7) is 1.80. The zero-order valence-electron chi connectivity index (χ0n) is 13.7. The number of para-hydroxylation sites is 1. The fourth-order valence-electron chi connectivity index (χ4n) is 2.43. The smallest absolute Gasteiger partial charge is 0.338 e. The minimum atomic E-state index is -0.555. The average molecular weight is 341 g/mol. The third-order valence-electron chi connectivity index (χ3n) is 3.74. The van der Waals surface area contributed by atoms with E-state index in [1.54, 1.807) is 29.2 Å². The fourth-order valence-corrected chi connectivity index (χ4v) is 2.43. The molecule has 0 spiro atoms. The molecule has 1 heterocycles. The second-order valence-corrected chi connectivity index (χ2v) is 5.51. The van der Waals surface area contributed by atoms with Crippen LogP contribution in [0.15, 0.2) is 54.6 Å². The average Bonchev–Trinajstić information content (AvgIpc) is 2.67. The van der Waals surface area contributed by atoms with Gasteiger partial charge in [0, 0.05) is 13.1 Å². The van der Waals surface area contributed by atoms with Gasteiger partial charge in [0.25, 0.3) is 5.91 Å². The SMILES string of the molecule is O=C(OCC(=O)N1CCOCC1)c1cccc(Oc2ccccc2)c1. The summed E-state index contributed by atoms with van der Waals surface area (Å²) in [6.07, 6.45) is 0. The summed E-state index contributed by atoms with van der Waals surface area (Å²) in [5.41, 5.74) is 0.336. The van der Waals surface area contributed by atoms with E-state index in [-0.39, 0.29) is 12.5 Å². The lowest BCUT2D eigenvalue weighted by Crippen LogP contribution is -2.42. The lowest BCUT2D eigenvalue weighted by molar-refractivity contribution is -0.138. The van der Waals surface area contributed by atoms with E-state index < -0.39 is 5.97 Å². The summed E-state index contributed by atoms with van der Waals surface area (Å²) < 4.78 is 16.0. The molecule has 1 aliphatic rings. The van der Waals surface area contributed by atoms with Crippen LogP contribution < -0.4 is 4.74 Å². The Morgan fingerprint density at radius 2 is 1.68 bits per heavy atom. The first kappa shape index (κ1) is 17.0. The van der Waals surface area contributed by atoms with Gasteiger partial charge in [-0.1, -0.05) is 24.3 Å². The molecule has 1 saturated heterocycles. The Morgan fingerprint density at radius 3 is 2.44 bits per heavy atom. The molecule has 1 aliphatic heterocycles. The van der Waals surface area contributed by atoms with Crippen molar-refractivity contribution in [3.8, 4) is 11.5 Å². The van der Waals surface area contributed by atoms with E-state index in [1.807, 2.05) is 30.3 Å². The summed E-state index contributed by atoms with van der Waals surface area (Å²) in [7, 11) is 0. The summed E-state index contributed by atoms with van der Waals surface area (Å²) in [5.74, 6) is 0.434. The number of rotatable bonds is 5.